The number of fused-ring (bicyclic) bond motifs is 1. The first-order valence-corrected chi connectivity index (χ1v) is 9.74. The molecule has 3 heterocycles. The van der Waals surface area contributed by atoms with E-state index >= 15 is 0 Å². The Labute approximate surface area is 185 Å². The van der Waals surface area contributed by atoms with Gasteiger partial charge in [0.2, 0.25) is 5.88 Å². The molecule has 1 atom stereocenters. The lowest BCUT2D eigenvalue weighted by Gasteiger charge is -2.16. The summed E-state index contributed by atoms with van der Waals surface area (Å²) in [5.74, 6) is -5.01. The van der Waals surface area contributed by atoms with Crippen LogP contribution in [0.15, 0.2) is 30.7 Å². The van der Waals surface area contributed by atoms with Gasteiger partial charge in [-0.3, -0.25) is 14.5 Å². The first kappa shape index (κ1) is 24.3. The number of alkyl halides is 4. The molecule has 0 aromatic carbocycles. The zero-order valence-corrected chi connectivity index (χ0v) is 17.4. The number of hydrogen-bond acceptors (Lipinski definition) is 7. The maximum Gasteiger partial charge on any atom is 0.340 e. The molecule has 33 heavy (non-hydrogen) atoms. The van der Waals surface area contributed by atoms with Gasteiger partial charge in [0.15, 0.2) is 6.61 Å². The van der Waals surface area contributed by atoms with E-state index in [0.717, 1.165) is 0 Å². The molecular formula is C20H21F4N5O4. The van der Waals surface area contributed by atoms with Crippen LogP contribution in [0.5, 0.6) is 5.88 Å². The maximum atomic E-state index is 13.1. The van der Waals surface area contributed by atoms with Crippen LogP contribution < -0.4 is 10.1 Å². The van der Waals surface area contributed by atoms with Crippen molar-refractivity contribution in [1.82, 2.24) is 25.1 Å². The molecule has 0 fully saturated rings. The van der Waals surface area contributed by atoms with Crippen molar-refractivity contribution in [2.75, 3.05) is 19.8 Å². The van der Waals surface area contributed by atoms with Crippen molar-refractivity contribution < 1.29 is 37.3 Å². The van der Waals surface area contributed by atoms with Gasteiger partial charge in [0.1, 0.15) is 5.69 Å². The summed E-state index contributed by atoms with van der Waals surface area (Å²) in [5.41, 5.74) is 1.57. The van der Waals surface area contributed by atoms with Gasteiger partial charge in [-0.2, -0.15) is 13.9 Å². The van der Waals surface area contributed by atoms with Crippen molar-refractivity contribution >= 4 is 16.8 Å². The second-order valence-corrected chi connectivity index (χ2v) is 7.28. The number of pyridine rings is 2. The van der Waals surface area contributed by atoms with Crippen LogP contribution >= 0.6 is 0 Å². The van der Waals surface area contributed by atoms with Crippen molar-refractivity contribution in [2.24, 2.45) is 0 Å². The van der Waals surface area contributed by atoms with E-state index in [-0.39, 0.29) is 24.7 Å². The van der Waals surface area contributed by atoms with Gasteiger partial charge in [-0.25, -0.2) is 13.8 Å². The lowest BCUT2D eigenvalue weighted by atomic mass is 10.2. The first-order valence-electron chi connectivity index (χ1n) is 9.74. The summed E-state index contributed by atoms with van der Waals surface area (Å²) in [6.07, 6.45) is -0.600. The van der Waals surface area contributed by atoms with Crippen LogP contribution in [0.1, 0.15) is 21.6 Å². The molecule has 0 bridgehead atoms. The van der Waals surface area contributed by atoms with E-state index in [9.17, 15) is 27.5 Å². The number of aromatic nitrogens is 4. The fourth-order valence-electron chi connectivity index (χ4n) is 2.89. The van der Waals surface area contributed by atoms with Crippen LogP contribution in [-0.4, -0.2) is 74.1 Å². The zero-order chi connectivity index (χ0) is 24.2. The monoisotopic (exact) mass is 471 g/mol. The van der Waals surface area contributed by atoms with Gasteiger partial charge in [0, 0.05) is 30.7 Å². The minimum Gasteiger partial charge on any atom is -0.471 e. The van der Waals surface area contributed by atoms with Gasteiger partial charge in [0.25, 0.3) is 5.91 Å². The summed E-state index contributed by atoms with van der Waals surface area (Å²) in [7, 11) is 0. The number of aryl methyl sites for hydroxylation is 1. The molecule has 0 aliphatic rings. The van der Waals surface area contributed by atoms with Crippen molar-refractivity contribution in [2.45, 2.75) is 31.9 Å². The van der Waals surface area contributed by atoms with Gasteiger partial charge in [-0.1, -0.05) is 0 Å². The van der Waals surface area contributed by atoms with Gasteiger partial charge < -0.3 is 20.3 Å². The Balaban J connectivity index is 1.73. The molecule has 0 aliphatic carbocycles. The summed E-state index contributed by atoms with van der Waals surface area (Å²) in [6, 6.07) is 3.20. The highest BCUT2D eigenvalue weighted by molar-refractivity contribution is 6.04. The molecule has 1 unspecified atom stereocenters. The molecule has 3 N–H and O–H groups in total. The number of nitrogens with zero attached hydrogens (tertiary/aromatic N) is 4. The normalized spacial score (nSPS) is 12.8. The third kappa shape index (κ3) is 5.93. The molecule has 0 aliphatic heterocycles. The van der Waals surface area contributed by atoms with E-state index < -0.39 is 37.6 Å². The Kier molecular flexibility index (Phi) is 7.43. The molecule has 3 aromatic heterocycles. The average molecular weight is 471 g/mol. The first-order chi connectivity index (χ1) is 15.6. The molecule has 0 saturated heterocycles. The fourth-order valence-corrected chi connectivity index (χ4v) is 2.89. The highest BCUT2D eigenvalue weighted by atomic mass is 19.3. The number of carbonyl (C=O) groups excluding carboxylic acids is 1. The third-order valence-corrected chi connectivity index (χ3v) is 4.56. The number of aliphatic hydroxyl groups excluding tert-OH is 2. The fraction of sp³-hybridized carbons (Fsp3) is 0.400. The Bertz CT molecular complexity index is 1130. The number of rotatable bonds is 10. The lowest BCUT2D eigenvalue weighted by Crippen LogP contribution is -2.34. The molecule has 0 spiro atoms. The standard InChI is InChI=1S/C20H21F4N5O4/c1-11-4-12(5-27-18(11)33-10-20(23,24)19(21)22)7-29-8-14-15(28-29)2-3-25-16(14)17(32)26-6-13(31)9-30/h2-5,8,13,19,30-31H,6-7,9-10H2,1H3,(H,26,32). The number of amides is 1. The van der Waals surface area contributed by atoms with Gasteiger partial charge in [-0.15, -0.1) is 0 Å². The third-order valence-electron chi connectivity index (χ3n) is 4.56. The van der Waals surface area contributed by atoms with Crippen LogP contribution in [0.4, 0.5) is 17.6 Å². The van der Waals surface area contributed by atoms with Crippen LogP contribution in [0.25, 0.3) is 10.9 Å². The van der Waals surface area contributed by atoms with E-state index in [0.29, 0.717) is 22.0 Å². The molecule has 0 saturated carbocycles. The van der Waals surface area contributed by atoms with Crippen molar-refractivity contribution in [3.05, 3.63) is 47.5 Å². The molecule has 3 rings (SSSR count). The number of ether oxygens (including phenoxy) is 1. The molecule has 1 amide bonds. The molecule has 9 nitrogen and oxygen atoms in total. The summed E-state index contributed by atoms with van der Waals surface area (Å²) in [6.45, 7) is -0.388. The number of carbonyl (C=O) groups is 1. The highest BCUT2D eigenvalue weighted by Gasteiger charge is 2.42. The van der Waals surface area contributed by atoms with E-state index in [4.69, 9.17) is 9.84 Å². The smallest absolute Gasteiger partial charge is 0.340 e. The average Bonchev–Trinajstić information content (AvgIpc) is 3.18. The number of aliphatic hydroxyl groups is 2. The second kappa shape index (κ2) is 10.1. The molecule has 0 radical (unpaired) electrons. The quantitative estimate of drug-likeness (QED) is 0.384. The lowest BCUT2D eigenvalue weighted by molar-refractivity contribution is -0.148. The van der Waals surface area contributed by atoms with Crippen LogP contribution in [0, 0.1) is 6.92 Å². The Hall–Kier alpha value is -3.32. The van der Waals surface area contributed by atoms with E-state index in [1.807, 2.05) is 0 Å². The Morgan fingerprint density at radius 1 is 1.33 bits per heavy atom. The number of halogens is 4. The van der Waals surface area contributed by atoms with E-state index in [2.05, 4.69) is 20.4 Å². The molecule has 3 aromatic rings. The van der Waals surface area contributed by atoms with Crippen LogP contribution in [0.2, 0.25) is 0 Å². The summed E-state index contributed by atoms with van der Waals surface area (Å²) in [5, 5.41) is 25.5. The van der Waals surface area contributed by atoms with Gasteiger partial charge in [-0.05, 0) is 24.6 Å². The SMILES string of the molecule is Cc1cc(Cn2cc3c(C(=O)NCC(O)CO)nccc3n2)cnc1OCC(F)(F)C(F)F. The number of hydrogen-bond donors (Lipinski definition) is 3. The van der Waals surface area contributed by atoms with Crippen molar-refractivity contribution in [3.8, 4) is 5.88 Å². The predicted octanol–water partition coefficient (Wildman–Crippen LogP) is 1.55. The molecular weight excluding hydrogens is 450 g/mol. The maximum absolute atomic E-state index is 13.1. The Morgan fingerprint density at radius 3 is 2.76 bits per heavy atom. The summed E-state index contributed by atoms with van der Waals surface area (Å²) < 4.78 is 56.9. The van der Waals surface area contributed by atoms with Crippen LogP contribution in [0.3, 0.4) is 0 Å². The Morgan fingerprint density at radius 2 is 2.09 bits per heavy atom. The minimum atomic E-state index is -4.28. The minimum absolute atomic E-state index is 0.0851. The highest BCUT2D eigenvalue weighted by Crippen LogP contribution is 2.25. The van der Waals surface area contributed by atoms with Crippen LogP contribution in [-0.2, 0) is 6.54 Å². The van der Waals surface area contributed by atoms with Crippen molar-refractivity contribution in [3.63, 3.8) is 0 Å². The number of nitrogens with one attached hydrogen (secondary N) is 1. The van der Waals surface area contributed by atoms with Crippen molar-refractivity contribution in [1.29, 1.82) is 0 Å². The molecule has 13 heteroatoms. The topological polar surface area (TPSA) is 122 Å². The van der Waals surface area contributed by atoms with Gasteiger partial charge >= 0.3 is 12.3 Å². The summed E-state index contributed by atoms with van der Waals surface area (Å²) >= 11 is 0. The largest absolute Gasteiger partial charge is 0.471 e. The summed E-state index contributed by atoms with van der Waals surface area (Å²) in [4.78, 5) is 20.4. The predicted molar refractivity (Wildman–Crippen MR) is 107 cm³/mol. The molecule has 178 valence electrons. The zero-order valence-electron chi connectivity index (χ0n) is 17.4. The van der Waals surface area contributed by atoms with Gasteiger partial charge in [0.05, 0.1) is 30.2 Å². The van der Waals surface area contributed by atoms with E-state index in [1.54, 1.807) is 25.3 Å². The second-order valence-electron chi connectivity index (χ2n) is 7.28. The van der Waals surface area contributed by atoms with E-state index in [1.165, 1.54) is 17.1 Å².